The molecule has 1 nitrogen and oxygen atoms in total. The van der Waals surface area contributed by atoms with E-state index in [1.54, 1.807) is 0 Å². The summed E-state index contributed by atoms with van der Waals surface area (Å²) in [5.41, 5.74) is 2.43. The Morgan fingerprint density at radius 2 is 1.45 bits per heavy atom. The van der Waals surface area contributed by atoms with Crippen LogP contribution in [-0.2, 0) is 5.41 Å². The molecule has 0 spiro atoms. The van der Waals surface area contributed by atoms with Crippen molar-refractivity contribution < 1.29 is 4.74 Å². The van der Waals surface area contributed by atoms with E-state index in [-0.39, 0.29) is 11.0 Å². The molecule has 0 saturated carbocycles. The Morgan fingerprint density at radius 3 is 2.00 bits per heavy atom. The molecule has 108 valence electrons. The predicted octanol–water partition coefficient (Wildman–Crippen LogP) is 5.62. The summed E-state index contributed by atoms with van der Waals surface area (Å²) < 4.78 is 6.21. The molecule has 0 saturated heterocycles. The van der Waals surface area contributed by atoms with Crippen molar-refractivity contribution in [2.24, 2.45) is 0 Å². The first-order valence-electron chi connectivity index (χ1n) is 7.30. The number of benzene rings is 2. The van der Waals surface area contributed by atoms with E-state index in [1.165, 1.54) is 21.9 Å². The molecule has 0 bridgehead atoms. The molecule has 0 amide bonds. The monoisotopic (exact) mass is 270 g/mol. The van der Waals surface area contributed by atoms with Crippen LogP contribution in [0.1, 0.15) is 52.7 Å². The van der Waals surface area contributed by atoms with E-state index in [1.807, 2.05) is 0 Å². The van der Waals surface area contributed by atoms with Gasteiger partial charge < -0.3 is 4.74 Å². The molecule has 0 heterocycles. The van der Waals surface area contributed by atoms with Crippen LogP contribution in [0.15, 0.2) is 30.3 Å². The highest BCUT2D eigenvalue weighted by Crippen LogP contribution is 2.36. The molecule has 0 N–H and O–H groups in total. The lowest BCUT2D eigenvalue weighted by Crippen LogP contribution is -2.25. The molecule has 20 heavy (non-hydrogen) atoms. The van der Waals surface area contributed by atoms with Gasteiger partial charge >= 0.3 is 0 Å². The molecule has 0 fully saturated rings. The Kier molecular flexibility index (Phi) is 3.58. The van der Waals surface area contributed by atoms with Crippen LogP contribution >= 0.6 is 0 Å². The van der Waals surface area contributed by atoms with Gasteiger partial charge in [-0.05, 0) is 56.0 Å². The van der Waals surface area contributed by atoms with Crippen molar-refractivity contribution in [3.63, 3.8) is 0 Å². The summed E-state index contributed by atoms with van der Waals surface area (Å²) in [5.74, 6) is 1.00. The molecular formula is C19H26O. The van der Waals surface area contributed by atoms with E-state index < -0.39 is 0 Å². The summed E-state index contributed by atoms with van der Waals surface area (Å²) in [6, 6.07) is 11.0. The molecule has 2 aromatic carbocycles. The fraction of sp³-hybridized carbons (Fsp3) is 0.474. The number of fused-ring (bicyclic) bond motifs is 1. The number of ether oxygens (including phenoxy) is 1. The topological polar surface area (TPSA) is 9.23 Å². The summed E-state index contributed by atoms with van der Waals surface area (Å²) in [4.78, 5) is 0. The van der Waals surface area contributed by atoms with Crippen LogP contribution in [0.25, 0.3) is 10.8 Å². The molecule has 1 heteroatoms. The van der Waals surface area contributed by atoms with Crippen LogP contribution in [0.5, 0.6) is 5.75 Å². The van der Waals surface area contributed by atoms with Gasteiger partial charge in [-0.3, -0.25) is 0 Å². The molecular weight excluding hydrogens is 244 g/mol. The Hall–Kier alpha value is -1.50. The summed E-state index contributed by atoms with van der Waals surface area (Å²) in [7, 11) is 0. The fourth-order valence-electron chi connectivity index (χ4n) is 2.40. The number of hydrogen-bond donors (Lipinski definition) is 0. The van der Waals surface area contributed by atoms with E-state index >= 15 is 0 Å². The molecule has 0 aliphatic carbocycles. The van der Waals surface area contributed by atoms with Gasteiger partial charge in [0, 0.05) is 5.56 Å². The highest BCUT2D eigenvalue weighted by Gasteiger charge is 2.23. The van der Waals surface area contributed by atoms with E-state index in [2.05, 4.69) is 78.8 Å². The Morgan fingerprint density at radius 1 is 0.800 bits per heavy atom. The van der Waals surface area contributed by atoms with Crippen molar-refractivity contribution >= 4 is 10.8 Å². The molecule has 2 aromatic rings. The minimum absolute atomic E-state index is 0.0691. The van der Waals surface area contributed by atoms with Gasteiger partial charge in [0.25, 0.3) is 0 Å². The zero-order valence-electron chi connectivity index (χ0n) is 13.8. The Labute approximate surface area is 123 Å². The summed E-state index contributed by atoms with van der Waals surface area (Å²) >= 11 is 0. The Bertz CT molecular complexity index is 624. The second-order valence-electron chi connectivity index (χ2n) is 7.66. The van der Waals surface area contributed by atoms with Crippen molar-refractivity contribution in [2.45, 2.75) is 59.5 Å². The first kappa shape index (κ1) is 14.9. The normalized spacial score (nSPS) is 12.8. The van der Waals surface area contributed by atoms with Crippen LogP contribution in [0.3, 0.4) is 0 Å². The summed E-state index contributed by atoms with van der Waals surface area (Å²) in [6.07, 6.45) is 0. The molecule has 0 aliphatic rings. The maximum Gasteiger partial charge on any atom is 0.124 e. The van der Waals surface area contributed by atoms with Gasteiger partial charge in [-0.1, -0.05) is 44.5 Å². The van der Waals surface area contributed by atoms with E-state index in [0.717, 1.165) is 5.75 Å². The second kappa shape index (κ2) is 4.80. The van der Waals surface area contributed by atoms with Crippen molar-refractivity contribution in [1.29, 1.82) is 0 Å². The van der Waals surface area contributed by atoms with Gasteiger partial charge in [-0.15, -0.1) is 0 Å². The zero-order valence-corrected chi connectivity index (χ0v) is 13.8. The van der Waals surface area contributed by atoms with Gasteiger partial charge in [0.2, 0.25) is 0 Å². The maximum atomic E-state index is 6.21. The van der Waals surface area contributed by atoms with Gasteiger partial charge in [-0.25, -0.2) is 0 Å². The van der Waals surface area contributed by atoms with Gasteiger partial charge in [-0.2, -0.15) is 0 Å². The van der Waals surface area contributed by atoms with Gasteiger partial charge in [0.15, 0.2) is 0 Å². The van der Waals surface area contributed by atoms with Crippen molar-refractivity contribution in [1.82, 2.24) is 0 Å². The Balaban J connectivity index is 2.67. The summed E-state index contributed by atoms with van der Waals surface area (Å²) in [6.45, 7) is 15.1. The molecule has 0 atom stereocenters. The smallest absolute Gasteiger partial charge is 0.124 e. The number of aryl methyl sites for hydroxylation is 1. The van der Waals surface area contributed by atoms with Crippen LogP contribution < -0.4 is 4.74 Å². The van der Waals surface area contributed by atoms with E-state index in [9.17, 15) is 0 Å². The van der Waals surface area contributed by atoms with Crippen LogP contribution in [-0.4, -0.2) is 5.60 Å². The average Bonchev–Trinajstić information content (AvgIpc) is 2.24. The largest absolute Gasteiger partial charge is 0.488 e. The third-order valence-electron chi connectivity index (χ3n) is 3.32. The van der Waals surface area contributed by atoms with Gasteiger partial charge in [0.1, 0.15) is 11.4 Å². The number of rotatable bonds is 1. The molecule has 2 rings (SSSR count). The van der Waals surface area contributed by atoms with Crippen LogP contribution in [0.2, 0.25) is 0 Å². The minimum atomic E-state index is -0.183. The lowest BCUT2D eigenvalue weighted by atomic mass is 9.84. The van der Waals surface area contributed by atoms with Crippen molar-refractivity contribution in [2.75, 3.05) is 0 Å². The fourth-order valence-corrected chi connectivity index (χ4v) is 2.40. The maximum absolute atomic E-state index is 6.21. The first-order chi connectivity index (χ1) is 9.06. The lowest BCUT2D eigenvalue weighted by Gasteiger charge is -2.28. The van der Waals surface area contributed by atoms with Gasteiger partial charge in [0.05, 0.1) is 0 Å². The SMILES string of the molecule is Cc1ccc2cc(C(C)(C)C)c(OC(C)(C)C)cc2c1. The predicted molar refractivity (Wildman–Crippen MR) is 87.8 cm³/mol. The molecule has 0 aliphatic heterocycles. The standard InChI is InChI=1S/C19H26O/c1-13-8-9-14-11-16(18(2,3)4)17(12-15(14)10-13)20-19(5,6)7/h8-12H,1-7H3. The quantitative estimate of drug-likeness (QED) is 0.653. The lowest BCUT2D eigenvalue weighted by molar-refractivity contribution is 0.128. The third kappa shape index (κ3) is 3.33. The van der Waals surface area contributed by atoms with E-state index in [0.29, 0.717) is 0 Å². The highest BCUT2D eigenvalue weighted by atomic mass is 16.5. The number of hydrogen-bond acceptors (Lipinski definition) is 1. The highest BCUT2D eigenvalue weighted by molar-refractivity contribution is 5.86. The molecule has 0 unspecified atom stereocenters. The van der Waals surface area contributed by atoms with E-state index in [4.69, 9.17) is 4.74 Å². The summed E-state index contributed by atoms with van der Waals surface area (Å²) in [5, 5.41) is 2.53. The van der Waals surface area contributed by atoms with Crippen LogP contribution in [0, 0.1) is 6.92 Å². The zero-order chi connectivity index (χ0) is 15.1. The van der Waals surface area contributed by atoms with Crippen molar-refractivity contribution in [3.8, 4) is 5.75 Å². The first-order valence-corrected chi connectivity index (χ1v) is 7.30. The van der Waals surface area contributed by atoms with Crippen molar-refractivity contribution in [3.05, 3.63) is 41.5 Å². The molecule has 0 radical (unpaired) electrons. The second-order valence-corrected chi connectivity index (χ2v) is 7.66. The average molecular weight is 270 g/mol. The van der Waals surface area contributed by atoms with Crippen LogP contribution in [0.4, 0.5) is 0 Å². The minimum Gasteiger partial charge on any atom is -0.488 e. The third-order valence-corrected chi connectivity index (χ3v) is 3.32. The molecule has 0 aromatic heterocycles.